The molecule has 8 nitrogen and oxygen atoms in total. The highest BCUT2D eigenvalue weighted by molar-refractivity contribution is 5.90. The van der Waals surface area contributed by atoms with E-state index >= 15 is 4.39 Å². The monoisotopic (exact) mass is 482 g/mol. The Morgan fingerprint density at radius 2 is 1.92 bits per heavy atom. The van der Waals surface area contributed by atoms with E-state index in [1.807, 2.05) is 47.1 Å². The predicted molar refractivity (Wildman–Crippen MR) is 133 cm³/mol. The lowest BCUT2D eigenvalue weighted by Crippen LogP contribution is -2.12. The highest BCUT2D eigenvalue weighted by atomic mass is 19.1. The van der Waals surface area contributed by atoms with Gasteiger partial charge in [-0.05, 0) is 35.7 Å². The van der Waals surface area contributed by atoms with Crippen LogP contribution in [0.3, 0.4) is 0 Å². The molecule has 0 spiro atoms. The van der Waals surface area contributed by atoms with Crippen LogP contribution < -0.4 is 10.1 Å². The number of aromatic nitrogens is 4. The zero-order chi connectivity index (χ0) is 25.1. The first-order chi connectivity index (χ1) is 17.6. The average Bonchev–Trinajstić information content (AvgIpc) is 3.53. The van der Waals surface area contributed by atoms with Crippen molar-refractivity contribution in [3.8, 4) is 22.9 Å². The van der Waals surface area contributed by atoms with Gasteiger partial charge in [-0.15, -0.1) is 0 Å². The Morgan fingerprint density at radius 1 is 1.14 bits per heavy atom. The van der Waals surface area contributed by atoms with E-state index in [2.05, 4.69) is 26.5 Å². The van der Waals surface area contributed by atoms with Gasteiger partial charge in [-0.1, -0.05) is 42.5 Å². The van der Waals surface area contributed by atoms with Crippen molar-refractivity contribution in [3.63, 3.8) is 0 Å². The second-order valence-electron chi connectivity index (χ2n) is 8.22. The Bertz CT molecular complexity index is 1550. The molecule has 0 radical (unpaired) electrons. The zero-order valence-corrected chi connectivity index (χ0v) is 19.8. The van der Waals surface area contributed by atoms with Gasteiger partial charge in [0.25, 0.3) is 6.01 Å². The topological polar surface area (TPSA) is 102 Å². The molecule has 36 heavy (non-hydrogen) atoms. The molecular formula is C27H23FN6O2. The van der Waals surface area contributed by atoms with Crippen molar-refractivity contribution >= 4 is 17.1 Å². The molecule has 0 saturated heterocycles. The van der Waals surface area contributed by atoms with E-state index in [0.717, 1.165) is 17.1 Å². The summed E-state index contributed by atoms with van der Waals surface area (Å²) in [5.74, 6) is 1.04. The molecule has 2 heterocycles. The van der Waals surface area contributed by atoms with E-state index in [-0.39, 0.29) is 17.1 Å². The number of nitriles is 1. The number of nitrogens with zero attached hydrogens (tertiary/aromatic N) is 5. The first kappa shape index (κ1) is 23.1. The molecule has 0 unspecified atom stereocenters. The number of methoxy groups -OCH3 is 1. The van der Waals surface area contributed by atoms with Gasteiger partial charge in [0.05, 0.1) is 19.2 Å². The Hall–Kier alpha value is -4.71. The number of ether oxygens (including phenoxy) is 1. The van der Waals surface area contributed by atoms with Crippen molar-refractivity contribution in [2.75, 3.05) is 19.0 Å². The molecule has 0 saturated carbocycles. The fourth-order valence-electron chi connectivity index (χ4n) is 4.18. The lowest BCUT2D eigenvalue weighted by Gasteiger charge is -2.09. The molecule has 9 heteroatoms. The van der Waals surface area contributed by atoms with E-state index in [1.165, 1.54) is 6.33 Å². The molecule has 0 amide bonds. The summed E-state index contributed by atoms with van der Waals surface area (Å²) in [7, 11) is 1.63. The minimum Gasteiger partial charge on any atom is -0.497 e. The molecule has 2 aromatic heterocycles. The summed E-state index contributed by atoms with van der Waals surface area (Å²) in [4.78, 5) is 8.72. The maximum absolute atomic E-state index is 15.5. The van der Waals surface area contributed by atoms with Gasteiger partial charge in [-0.2, -0.15) is 15.3 Å². The number of anilines is 1. The largest absolute Gasteiger partial charge is 0.497 e. The van der Waals surface area contributed by atoms with Crippen molar-refractivity contribution in [2.45, 2.75) is 19.9 Å². The number of hydrogen-bond acceptors (Lipinski definition) is 7. The summed E-state index contributed by atoms with van der Waals surface area (Å²) in [5.41, 5.74) is 3.07. The van der Waals surface area contributed by atoms with E-state index in [0.29, 0.717) is 41.8 Å². The van der Waals surface area contributed by atoms with Crippen LogP contribution in [0.5, 0.6) is 5.75 Å². The smallest absolute Gasteiger partial charge is 0.295 e. The van der Waals surface area contributed by atoms with Crippen LogP contribution >= 0.6 is 0 Å². The van der Waals surface area contributed by atoms with E-state index in [1.54, 1.807) is 26.2 Å². The summed E-state index contributed by atoms with van der Waals surface area (Å²) in [5, 5.41) is 17.2. The van der Waals surface area contributed by atoms with Gasteiger partial charge in [0.2, 0.25) is 0 Å². The normalized spacial score (nSPS) is 10.9. The molecule has 0 bridgehead atoms. The molecule has 0 atom stereocenters. The third-order valence-electron chi connectivity index (χ3n) is 6.02. The molecule has 180 valence electrons. The van der Waals surface area contributed by atoms with Crippen molar-refractivity contribution in [1.29, 1.82) is 5.26 Å². The first-order valence-corrected chi connectivity index (χ1v) is 11.4. The van der Waals surface area contributed by atoms with Gasteiger partial charge in [-0.3, -0.25) is 0 Å². The van der Waals surface area contributed by atoms with E-state index in [9.17, 15) is 5.26 Å². The highest BCUT2D eigenvalue weighted by Gasteiger charge is 2.23. The number of rotatable bonds is 8. The third kappa shape index (κ3) is 4.36. The van der Waals surface area contributed by atoms with Gasteiger partial charge in [0, 0.05) is 18.5 Å². The quantitative estimate of drug-likeness (QED) is 0.328. The second kappa shape index (κ2) is 9.88. The number of nitrogens with one attached hydrogen (secondary N) is 1. The summed E-state index contributed by atoms with van der Waals surface area (Å²) in [6.07, 6.45) is 2.05. The molecule has 0 aliphatic carbocycles. The van der Waals surface area contributed by atoms with Gasteiger partial charge in [0.1, 0.15) is 29.5 Å². The van der Waals surface area contributed by atoms with Gasteiger partial charge in [-0.25, -0.2) is 14.1 Å². The van der Waals surface area contributed by atoms with Crippen LogP contribution in [0.15, 0.2) is 65.3 Å². The molecule has 0 aliphatic rings. The Morgan fingerprint density at radius 3 is 2.64 bits per heavy atom. The fourth-order valence-corrected chi connectivity index (χ4v) is 4.18. The van der Waals surface area contributed by atoms with Crippen LogP contribution in [0.2, 0.25) is 0 Å². The molecule has 0 aliphatic heterocycles. The maximum atomic E-state index is 15.5. The lowest BCUT2D eigenvalue weighted by atomic mass is 9.95. The van der Waals surface area contributed by atoms with Crippen molar-refractivity contribution in [2.24, 2.45) is 0 Å². The Balaban J connectivity index is 1.34. The Labute approximate surface area is 207 Å². The van der Waals surface area contributed by atoms with Crippen LogP contribution in [0.25, 0.3) is 22.2 Å². The summed E-state index contributed by atoms with van der Waals surface area (Å²) >= 11 is 0. The number of oxazole rings is 1. The minimum absolute atomic E-state index is 0.0406. The van der Waals surface area contributed by atoms with Crippen LogP contribution in [-0.4, -0.2) is 33.4 Å². The highest BCUT2D eigenvalue weighted by Crippen LogP contribution is 2.36. The first-order valence-electron chi connectivity index (χ1n) is 11.4. The standard InChI is InChI=1S/C27H23FN6O2/c1-17-21(14-29)25-26(24(28)23(17)19-6-4-3-5-7-19)36-27(33-25)30-13-12-22-31-16-32-34(22)15-18-8-10-20(35-2)11-9-18/h3-11,16H,12-13,15H2,1-2H3,(H,30,33). The van der Waals surface area contributed by atoms with Crippen LogP contribution in [0.1, 0.15) is 22.5 Å². The number of fused-ring (bicyclic) bond motifs is 1. The summed E-state index contributed by atoms with van der Waals surface area (Å²) < 4.78 is 28.2. The van der Waals surface area contributed by atoms with Gasteiger partial charge in [0.15, 0.2) is 11.4 Å². The number of hydrogen-bond donors (Lipinski definition) is 1. The van der Waals surface area contributed by atoms with Crippen LogP contribution in [-0.2, 0) is 13.0 Å². The Kier molecular flexibility index (Phi) is 6.33. The number of benzene rings is 3. The van der Waals surface area contributed by atoms with Gasteiger partial charge < -0.3 is 14.5 Å². The molecule has 1 N–H and O–H groups in total. The molecule has 3 aromatic carbocycles. The van der Waals surface area contributed by atoms with E-state index < -0.39 is 5.82 Å². The van der Waals surface area contributed by atoms with E-state index in [4.69, 9.17) is 9.15 Å². The lowest BCUT2D eigenvalue weighted by molar-refractivity contribution is 0.414. The molecule has 5 aromatic rings. The van der Waals surface area contributed by atoms with Crippen molar-refractivity contribution in [3.05, 3.63) is 89.3 Å². The van der Waals surface area contributed by atoms with Crippen LogP contribution in [0, 0.1) is 24.1 Å². The third-order valence-corrected chi connectivity index (χ3v) is 6.02. The second-order valence-corrected chi connectivity index (χ2v) is 8.22. The predicted octanol–water partition coefficient (Wildman–Crippen LogP) is 5.12. The van der Waals surface area contributed by atoms with Crippen molar-refractivity contribution in [1.82, 2.24) is 19.7 Å². The van der Waals surface area contributed by atoms with Crippen LogP contribution in [0.4, 0.5) is 10.4 Å². The van der Waals surface area contributed by atoms with Crippen molar-refractivity contribution < 1.29 is 13.5 Å². The molecule has 5 rings (SSSR count). The zero-order valence-electron chi connectivity index (χ0n) is 19.8. The average molecular weight is 483 g/mol. The maximum Gasteiger partial charge on any atom is 0.295 e. The minimum atomic E-state index is -0.535. The summed E-state index contributed by atoms with van der Waals surface area (Å²) in [6.45, 7) is 2.73. The SMILES string of the molecule is COc1ccc(Cn2ncnc2CCNc2nc3c(C#N)c(C)c(-c4ccccc4)c(F)c3o2)cc1. The fraction of sp³-hybridized carbons (Fsp3) is 0.185. The molecule has 0 fully saturated rings. The molecular weight excluding hydrogens is 459 g/mol. The summed E-state index contributed by atoms with van der Waals surface area (Å²) in [6, 6.07) is 19.2. The number of halogens is 1. The van der Waals surface area contributed by atoms with Gasteiger partial charge >= 0.3 is 0 Å².